The van der Waals surface area contributed by atoms with E-state index in [0.29, 0.717) is 5.75 Å². The summed E-state index contributed by atoms with van der Waals surface area (Å²) in [4.78, 5) is 20.9. The van der Waals surface area contributed by atoms with Crippen LogP contribution in [0.1, 0.15) is 0 Å². The van der Waals surface area contributed by atoms with Crippen LogP contribution in [0.5, 0.6) is 11.5 Å². The van der Waals surface area contributed by atoms with Crippen molar-refractivity contribution in [2.24, 2.45) is 0 Å². The Balaban J connectivity index is 0.00000162. The zero-order valence-electron chi connectivity index (χ0n) is 9.67. The molecule has 8 heteroatoms. The first-order chi connectivity index (χ1) is 8.04. The van der Waals surface area contributed by atoms with Crippen LogP contribution in [0.25, 0.3) is 11.0 Å². The molecule has 0 saturated heterocycles. The van der Waals surface area contributed by atoms with Crippen molar-refractivity contribution in [1.29, 1.82) is 0 Å². The molecule has 1 aromatic heterocycles. The van der Waals surface area contributed by atoms with E-state index in [1.54, 1.807) is 0 Å². The third-order valence-corrected chi connectivity index (χ3v) is 2.24. The minimum Gasteiger partial charge on any atom is -0.501 e. The second kappa shape index (κ2) is 5.38. The van der Waals surface area contributed by atoms with Gasteiger partial charge in [0.05, 0.1) is 17.4 Å². The Morgan fingerprint density at radius 2 is 2.11 bits per heavy atom. The Hall–Kier alpha value is -1.57. The van der Waals surface area contributed by atoms with E-state index in [1.807, 2.05) is 0 Å². The molecule has 0 atom stereocenters. The van der Waals surface area contributed by atoms with Crippen LogP contribution >= 0.6 is 0 Å². The van der Waals surface area contributed by atoms with Crippen LogP contribution in [0.4, 0.5) is 5.69 Å². The molecule has 0 saturated carbocycles. The maximum atomic E-state index is 11.3. The summed E-state index contributed by atoms with van der Waals surface area (Å²) in [6, 6.07) is 4.25. The fourth-order valence-electron chi connectivity index (χ4n) is 1.44. The van der Waals surface area contributed by atoms with Crippen molar-refractivity contribution in [1.82, 2.24) is 0 Å². The molecule has 0 aliphatic carbocycles. The predicted octanol–water partition coefficient (Wildman–Crippen LogP) is -1.58. The van der Waals surface area contributed by atoms with Crippen molar-refractivity contribution in [3.05, 3.63) is 38.7 Å². The van der Waals surface area contributed by atoms with Gasteiger partial charge in [-0.3, -0.25) is 10.1 Å². The third-order valence-electron chi connectivity index (χ3n) is 2.24. The molecule has 0 bridgehead atoms. The molecule has 0 unspecified atom stereocenters. The van der Waals surface area contributed by atoms with Gasteiger partial charge >= 0.3 is 40.9 Å². The van der Waals surface area contributed by atoms with Crippen molar-refractivity contribution in [2.75, 3.05) is 7.11 Å². The van der Waals surface area contributed by atoms with Crippen molar-refractivity contribution in [3.8, 4) is 11.5 Å². The quantitative estimate of drug-likeness (QED) is 0.302. The first-order valence-corrected chi connectivity index (χ1v) is 4.53. The fourth-order valence-corrected chi connectivity index (χ4v) is 1.44. The van der Waals surface area contributed by atoms with Crippen LogP contribution in [-0.4, -0.2) is 17.1 Å². The van der Waals surface area contributed by atoms with Gasteiger partial charge in [0.15, 0.2) is 0 Å². The van der Waals surface area contributed by atoms with Gasteiger partial charge in [-0.25, -0.2) is 4.79 Å². The molecule has 0 aliphatic heterocycles. The second-order valence-corrected chi connectivity index (χ2v) is 3.21. The number of hydrogen-bond acceptors (Lipinski definition) is 6. The number of aromatic hydroxyl groups is 1. The number of methoxy groups -OCH3 is 1. The van der Waals surface area contributed by atoms with Crippen LogP contribution in [-0.2, 0) is 0 Å². The van der Waals surface area contributed by atoms with Crippen molar-refractivity contribution < 1.29 is 48.7 Å². The molecule has 0 radical (unpaired) electrons. The van der Waals surface area contributed by atoms with Gasteiger partial charge in [-0.2, -0.15) is 0 Å². The van der Waals surface area contributed by atoms with Gasteiger partial charge in [0.2, 0.25) is 5.75 Å². The summed E-state index contributed by atoms with van der Waals surface area (Å²) in [5.41, 5.74) is -2.12. The maximum absolute atomic E-state index is 11.3. The van der Waals surface area contributed by atoms with E-state index in [-0.39, 0.29) is 40.5 Å². The molecule has 2 aromatic rings. The van der Waals surface area contributed by atoms with E-state index in [4.69, 9.17) is 9.15 Å². The van der Waals surface area contributed by atoms with E-state index < -0.39 is 22.0 Å². The monoisotopic (exact) mass is 260 g/mol. The average molecular weight is 260 g/mol. The van der Waals surface area contributed by atoms with Gasteiger partial charge in [-0.1, -0.05) is 0 Å². The van der Waals surface area contributed by atoms with E-state index in [0.717, 1.165) is 0 Å². The molecule has 2 rings (SSSR count). The van der Waals surface area contributed by atoms with Gasteiger partial charge in [0.25, 0.3) is 0 Å². The smallest absolute Gasteiger partial charge is 0.501 e. The maximum Gasteiger partial charge on any atom is 1.00 e. The molecule has 1 N–H and O–H groups in total. The second-order valence-electron chi connectivity index (χ2n) is 3.21. The Labute approximate surface area is 122 Å². The van der Waals surface area contributed by atoms with E-state index in [2.05, 4.69) is 0 Å². The number of benzene rings is 1. The van der Waals surface area contributed by atoms with E-state index >= 15 is 0 Å². The van der Waals surface area contributed by atoms with E-state index in [1.165, 1.54) is 25.3 Å². The standard InChI is InChI=1S/C10H7NO6.Na/c1-16-5-2-3-7-6(4-5)9(12)8(11(14)15)10(13)17-7;/h2-4,12H,1H3;/q;+1. The number of hydrogen-bond donors (Lipinski definition) is 1. The zero-order valence-corrected chi connectivity index (χ0v) is 11.7. The predicted molar refractivity (Wildman–Crippen MR) is 57.4 cm³/mol. The number of rotatable bonds is 2. The van der Waals surface area contributed by atoms with Gasteiger partial charge < -0.3 is 14.3 Å². The first kappa shape index (κ1) is 14.5. The van der Waals surface area contributed by atoms with Crippen molar-refractivity contribution in [2.45, 2.75) is 0 Å². The Morgan fingerprint density at radius 1 is 1.44 bits per heavy atom. The van der Waals surface area contributed by atoms with Crippen molar-refractivity contribution >= 4 is 16.7 Å². The fraction of sp³-hybridized carbons (Fsp3) is 0.100. The summed E-state index contributed by atoms with van der Waals surface area (Å²) in [6.45, 7) is 0. The Morgan fingerprint density at radius 3 is 2.67 bits per heavy atom. The van der Waals surface area contributed by atoms with Crippen LogP contribution < -0.4 is 39.9 Å². The average Bonchev–Trinajstić information content (AvgIpc) is 2.28. The Bertz CT molecular complexity index is 665. The van der Waals surface area contributed by atoms with Gasteiger partial charge in [0.1, 0.15) is 11.3 Å². The number of ether oxygens (including phenoxy) is 1. The molecule has 7 nitrogen and oxygen atoms in total. The number of nitro groups is 1. The summed E-state index contributed by atoms with van der Waals surface area (Å²) < 4.78 is 9.63. The van der Waals surface area contributed by atoms with Crippen LogP contribution in [0.3, 0.4) is 0 Å². The van der Waals surface area contributed by atoms with Crippen molar-refractivity contribution in [3.63, 3.8) is 0 Å². The largest absolute Gasteiger partial charge is 1.00 e. The number of nitrogens with zero attached hydrogens (tertiary/aromatic N) is 1. The van der Waals surface area contributed by atoms with Gasteiger partial charge in [-0.15, -0.1) is 0 Å². The zero-order chi connectivity index (χ0) is 12.6. The first-order valence-electron chi connectivity index (χ1n) is 4.53. The topological polar surface area (TPSA) is 103 Å². The summed E-state index contributed by atoms with van der Waals surface area (Å²) in [5.74, 6) is -0.337. The third kappa shape index (κ3) is 2.33. The molecular weight excluding hydrogens is 253 g/mol. The SMILES string of the molecule is COc1ccc2oc(=O)c([N+](=O)[O-])c(O)c2c1.[Na+]. The minimum absolute atomic E-state index is 0. The molecule has 0 spiro atoms. The molecule has 0 amide bonds. The van der Waals surface area contributed by atoms with Gasteiger partial charge in [0, 0.05) is 0 Å². The van der Waals surface area contributed by atoms with Crippen LogP contribution in [0.2, 0.25) is 0 Å². The number of fused-ring (bicyclic) bond motifs is 1. The molecule has 1 aromatic carbocycles. The van der Waals surface area contributed by atoms with Gasteiger partial charge in [-0.05, 0) is 18.2 Å². The minimum atomic E-state index is -1.19. The van der Waals surface area contributed by atoms with Crippen LogP contribution in [0, 0.1) is 10.1 Å². The molecule has 0 fully saturated rings. The summed E-state index contributed by atoms with van der Waals surface area (Å²) in [5, 5.41) is 20.3. The van der Waals surface area contributed by atoms with E-state index in [9.17, 15) is 20.0 Å². The summed E-state index contributed by atoms with van der Waals surface area (Å²) >= 11 is 0. The summed E-state index contributed by atoms with van der Waals surface area (Å²) in [7, 11) is 1.41. The molecule has 88 valence electrons. The molecule has 1 heterocycles. The molecule has 0 aliphatic rings. The molecular formula is C10H7NNaO6+. The normalized spacial score (nSPS) is 9.83. The van der Waals surface area contributed by atoms with Crippen LogP contribution in [0.15, 0.2) is 27.4 Å². The summed E-state index contributed by atoms with van der Waals surface area (Å²) in [6.07, 6.45) is 0. The Kier molecular flexibility index (Phi) is 4.33. The molecule has 18 heavy (non-hydrogen) atoms.